The molecule has 3 aromatic carbocycles. The van der Waals surface area contributed by atoms with Crippen LogP contribution in [-0.2, 0) is 4.79 Å². The Morgan fingerprint density at radius 3 is 2.34 bits per heavy atom. The molecule has 0 fully saturated rings. The van der Waals surface area contributed by atoms with Crippen LogP contribution in [-0.4, -0.2) is 41.4 Å². The van der Waals surface area contributed by atoms with Gasteiger partial charge in [-0.2, -0.15) is 0 Å². The number of hydrogen-bond donors (Lipinski definition) is 1. The Morgan fingerprint density at radius 2 is 1.69 bits per heavy atom. The fourth-order valence-electron chi connectivity index (χ4n) is 3.84. The van der Waals surface area contributed by atoms with E-state index in [0.717, 1.165) is 24.5 Å². The van der Waals surface area contributed by atoms with Crippen molar-refractivity contribution in [2.45, 2.75) is 19.0 Å². The summed E-state index contributed by atoms with van der Waals surface area (Å²) in [4.78, 5) is 33.0. The highest BCUT2D eigenvalue weighted by Crippen LogP contribution is 2.23. The number of methoxy groups -OCH3 is 1. The van der Waals surface area contributed by atoms with E-state index in [-0.39, 0.29) is 17.2 Å². The predicted molar refractivity (Wildman–Crippen MR) is 143 cm³/mol. The van der Waals surface area contributed by atoms with Crippen LogP contribution in [0.15, 0.2) is 82.7 Å². The second-order valence-corrected chi connectivity index (χ2v) is 8.75. The number of thioether (sulfide) groups is 1. The summed E-state index contributed by atoms with van der Waals surface area (Å²) < 4.78 is 6.78. The van der Waals surface area contributed by atoms with Crippen molar-refractivity contribution >= 4 is 39.9 Å². The zero-order chi connectivity index (χ0) is 24.8. The molecule has 35 heavy (non-hydrogen) atoms. The van der Waals surface area contributed by atoms with Crippen LogP contribution in [0.2, 0.25) is 0 Å². The highest BCUT2D eigenvalue weighted by Gasteiger charge is 2.15. The molecule has 0 radical (unpaired) electrons. The molecule has 4 aromatic rings. The molecule has 0 aliphatic carbocycles. The number of anilines is 2. The van der Waals surface area contributed by atoms with Crippen molar-refractivity contribution in [3.05, 3.63) is 83.2 Å². The van der Waals surface area contributed by atoms with E-state index in [9.17, 15) is 9.59 Å². The maximum atomic E-state index is 13.4. The van der Waals surface area contributed by atoms with Gasteiger partial charge in [0, 0.05) is 24.5 Å². The van der Waals surface area contributed by atoms with E-state index >= 15 is 0 Å². The van der Waals surface area contributed by atoms with Gasteiger partial charge in [-0.05, 0) is 74.5 Å². The van der Waals surface area contributed by atoms with Gasteiger partial charge in [-0.3, -0.25) is 14.2 Å². The van der Waals surface area contributed by atoms with E-state index in [4.69, 9.17) is 9.72 Å². The number of nitrogens with one attached hydrogen (secondary N) is 1. The van der Waals surface area contributed by atoms with Crippen molar-refractivity contribution in [1.82, 2.24) is 9.55 Å². The molecular weight excluding hydrogens is 460 g/mol. The van der Waals surface area contributed by atoms with Gasteiger partial charge in [0.2, 0.25) is 5.91 Å². The molecule has 1 aromatic heterocycles. The number of nitrogens with zero attached hydrogens (tertiary/aromatic N) is 3. The third kappa shape index (κ3) is 5.49. The van der Waals surface area contributed by atoms with Crippen molar-refractivity contribution < 1.29 is 9.53 Å². The summed E-state index contributed by atoms with van der Waals surface area (Å²) in [7, 11) is 1.59. The molecule has 4 rings (SSSR count). The lowest BCUT2D eigenvalue weighted by Crippen LogP contribution is -2.23. The molecule has 0 aliphatic heterocycles. The van der Waals surface area contributed by atoms with Crippen LogP contribution in [0.25, 0.3) is 16.6 Å². The third-order valence-electron chi connectivity index (χ3n) is 5.69. The smallest absolute Gasteiger partial charge is 0.266 e. The van der Waals surface area contributed by atoms with Crippen molar-refractivity contribution in [2.75, 3.05) is 36.2 Å². The normalized spacial score (nSPS) is 10.8. The van der Waals surface area contributed by atoms with Gasteiger partial charge < -0.3 is 15.0 Å². The summed E-state index contributed by atoms with van der Waals surface area (Å²) in [6.45, 7) is 6.08. The number of aromatic nitrogens is 2. The first-order chi connectivity index (χ1) is 17.0. The van der Waals surface area contributed by atoms with Crippen LogP contribution < -0.4 is 20.5 Å². The Balaban J connectivity index is 1.56. The molecule has 0 saturated heterocycles. The Hall–Kier alpha value is -3.78. The van der Waals surface area contributed by atoms with E-state index in [1.165, 1.54) is 11.8 Å². The summed E-state index contributed by atoms with van der Waals surface area (Å²) in [5, 5.41) is 3.90. The Labute approximate surface area is 208 Å². The van der Waals surface area contributed by atoms with Gasteiger partial charge in [0.1, 0.15) is 5.75 Å². The van der Waals surface area contributed by atoms with E-state index < -0.39 is 0 Å². The molecule has 180 valence electrons. The van der Waals surface area contributed by atoms with Crippen molar-refractivity contribution in [3.63, 3.8) is 0 Å². The largest absolute Gasteiger partial charge is 0.497 e. The third-order valence-corrected chi connectivity index (χ3v) is 6.63. The maximum Gasteiger partial charge on any atom is 0.266 e. The number of hydrogen-bond acceptors (Lipinski definition) is 6. The van der Waals surface area contributed by atoms with Crippen LogP contribution in [0.5, 0.6) is 5.75 Å². The number of para-hydroxylation sites is 1. The van der Waals surface area contributed by atoms with Crippen molar-refractivity contribution in [2.24, 2.45) is 0 Å². The van der Waals surface area contributed by atoms with E-state index in [2.05, 4.69) is 24.1 Å². The highest BCUT2D eigenvalue weighted by molar-refractivity contribution is 7.99. The van der Waals surface area contributed by atoms with Gasteiger partial charge in [-0.15, -0.1) is 0 Å². The first-order valence-electron chi connectivity index (χ1n) is 11.5. The molecule has 8 heteroatoms. The minimum Gasteiger partial charge on any atom is -0.497 e. The SMILES string of the molecule is CCN(CC)c1ccc(NC(=O)CSc2nc3ccccc3c(=O)n2-c2ccc(OC)cc2)cc1. The summed E-state index contributed by atoms with van der Waals surface area (Å²) in [5.74, 6) is 0.629. The van der Waals surface area contributed by atoms with E-state index in [1.807, 2.05) is 36.4 Å². The molecule has 0 aliphatic rings. The summed E-state index contributed by atoms with van der Waals surface area (Å²) >= 11 is 1.22. The highest BCUT2D eigenvalue weighted by atomic mass is 32.2. The number of rotatable bonds is 9. The lowest BCUT2D eigenvalue weighted by molar-refractivity contribution is -0.113. The second kappa shape index (κ2) is 11.1. The first-order valence-corrected chi connectivity index (χ1v) is 12.5. The van der Waals surface area contributed by atoms with Gasteiger partial charge >= 0.3 is 0 Å². The molecule has 0 spiro atoms. The van der Waals surface area contributed by atoms with Crippen molar-refractivity contribution in [3.8, 4) is 11.4 Å². The van der Waals surface area contributed by atoms with Gasteiger partial charge in [0.15, 0.2) is 5.16 Å². The molecule has 1 N–H and O–H groups in total. The Kier molecular flexibility index (Phi) is 7.72. The quantitative estimate of drug-likeness (QED) is 0.265. The van der Waals surface area contributed by atoms with E-state index in [0.29, 0.717) is 27.5 Å². The molecular formula is C27H28N4O3S. The fourth-order valence-corrected chi connectivity index (χ4v) is 4.65. The molecule has 0 unspecified atom stereocenters. The number of carbonyl (C=O) groups excluding carboxylic acids is 1. The zero-order valence-corrected chi connectivity index (χ0v) is 20.8. The van der Waals surface area contributed by atoms with Crippen molar-refractivity contribution in [1.29, 1.82) is 0 Å². The molecule has 1 amide bonds. The lowest BCUT2D eigenvalue weighted by atomic mass is 10.2. The standard InChI is InChI=1S/C27H28N4O3S/c1-4-30(5-2)20-12-10-19(11-13-20)28-25(32)18-35-27-29-24-9-7-6-8-23(24)26(33)31(27)21-14-16-22(34-3)17-15-21/h6-17H,4-5,18H2,1-3H3,(H,28,32). The lowest BCUT2D eigenvalue weighted by Gasteiger charge is -2.21. The van der Waals surface area contributed by atoms with Gasteiger partial charge in [0.05, 0.1) is 29.5 Å². The zero-order valence-electron chi connectivity index (χ0n) is 20.0. The fraction of sp³-hybridized carbons (Fsp3) is 0.222. The average molecular weight is 489 g/mol. The summed E-state index contributed by atoms with van der Waals surface area (Å²) in [5.41, 5.74) is 2.91. The van der Waals surface area contributed by atoms with Gasteiger partial charge in [-0.25, -0.2) is 4.98 Å². The summed E-state index contributed by atoms with van der Waals surface area (Å²) in [6.07, 6.45) is 0. The van der Waals surface area contributed by atoms with Gasteiger partial charge in [0.25, 0.3) is 5.56 Å². The number of amides is 1. The van der Waals surface area contributed by atoms with Gasteiger partial charge in [-0.1, -0.05) is 23.9 Å². The monoisotopic (exact) mass is 488 g/mol. The topological polar surface area (TPSA) is 76.5 Å². The average Bonchev–Trinajstić information content (AvgIpc) is 2.89. The Bertz CT molecular complexity index is 1360. The van der Waals surface area contributed by atoms with Crippen LogP contribution in [0, 0.1) is 0 Å². The number of benzene rings is 3. The number of carbonyl (C=O) groups is 1. The Morgan fingerprint density at radius 1 is 1.00 bits per heavy atom. The molecule has 0 saturated carbocycles. The molecule has 0 atom stereocenters. The van der Waals surface area contributed by atoms with Crippen LogP contribution in [0.1, 0.15) is 13.8 Å². The van der Waals surface area contributed by atoms with E-state index in [1.54, 1.807) is 48.1 Å². The maximum absolute atomic E-state index is 13.4. The number of ether oxygens (including phenoxy) is 1. The second-order valence-electron chi connectivity index (χ2n) is 7.81. The molecule has 0 bridgehead atoms. The van der Waals surface area contributed by atoms with Crippen LogP contribution in [0.3, 0.4) is 0 Å². The van der Waals surface area contributed by atoms with Crippen LogP contribution >= 0.6 is 11.8 Å². The molecule has 7 nitrogen and oxygen atoms in total. The minimum atomic E-state index is -0.185. The first kappa shape index (κ1) is 24.3. The summed E-state index contributed by atoms with van der Waals surface area (Å²) in [6, 6.07) is 22.2. The molecule has 1 heterocycles. The predicted octanol–water partition coefficient (Wildman–Crippen LogP) is 4.97. The number of fused-ring (bicyclic) bond motifs is 1. The minimum absolute atomic E-state index is 0.110. The van der Waals surface area contributed by atoms with Crippen LogP contribution in [0.4, 0.5) is 11.4 Å².